The van der Waals surface area contributed by atoms with Crippen LogP contribution in [0.3, 0.4) is 0 Å². The lowest BCUT2D eigenvalue weighted by Gasteiger charge is -1.94. The Morgan fingerprint density at radius 3 is 2.62 bits per heavy atom. The first-order valence-electron chi connectivity index (χ1n) is 3.90. The maximum atomic E-state index is 11.7. The molecule has 1 aromatic rings. The fourth-order valence-corrected chi connectivity index (χ4v) is 1.02. The van der Waals surface area contributed by atoms with Gasteiger partial charge in [0, 0.05) is 12.1 Å². The lowest BCUT2D eigenvalue weighted by molar-refractivity contribution is 0.714. The number of hydrogen-bond acceptors (Lipinski definition) is 1. The van der Waals surface area contributed by atoms with Gasteiger partial charge in [-0.25, -0.2) is 8.78 Å². The Balaban J connectivity index is 2.65. The summed E-state index contributed by atoms with van der Waals surface area (Å²) in [5, 5.41) is 6.52. The van der Waals surface area contributed by atoms with Crippen molar-refractivity contribution >= 4 is 0 Å². The molecule has 0 spiro atoms. The van der Waals surface area contributed by atoms with Crippen LogP contribution in [-0.4, -0.2) is 10.2 Å². The Bertz CT molecular complexity index is 274. The number of rotatable bonds is 4. The van der Waals surface area contributed by atoms with E-state index in [4.69, 9.17) is 0 Å². The van der Waals surface area contributed by atoms with Crippen LogP contribution in [0.4, 0.5) is 8.78 Å². The molecule has 0 fully saturated rings. The molecule has 0 aromatic carbocycles. The fraction of sp³-hybridized carbons (Fsp3) is 0.222. The standard InChI is InChI=1S/C9H10F2N2/c10-5-1-3-8-7-12-13-9(8)4-2-6-11/h1-2,5-7H,3-4H2,(H,12,13). The van der Waals surface area contributed by atoms with Crippen LogP contribution in [0.1, 0.15) is 11.3 Å². The summed E-state index contributed by atoms with van der Waals surface area (Å²) in [6, 6.07) is 0. The fourth-order valence-electron chi connectivity index (χ4n) is 1.02. The van der Waals surface area contributed by atoms with E-state index in [2.05, 4.69) is 10.2 Å². The molecule has 0 saturated heterocycles. The zero-order valence-electron chi connectivity index (χ0n) is 7.00. The Hall–Kier alpha value is -1.45. The number of nitrogens with zero attached hydrogens (tertiary/aromatic N) is 1. The van der Waals surface area contributed by atoms with E-state index in [-0.39, 0.29) is 0 Å². The van der Waals surface area contributed by atoms with Gasteiger partial charge < -0.3 is 0 Å². The Morgan fingerprint density at radius 2 is 1.92 bits per heavy atom. The predicted octanol–water partition coefficient (Wildman–Crippen LogP) is 2.46. The van der Waals surface area contributed by atoms with E-state index in [1.807, 2.05) is 0 Å². The maximum Gasteiger partial charge on any atom is 0.0830 e. The molecule has 2 nitrogen and oxygen atoms in total. The van der Waals surface area contributed by atoms with Crippen LogP contribution in [0.15, 0.2) is 31.0 Å². The highest BCUT2D eigenvalue weighted by molar-refractivity contribution is 5.21. The Morgan fingerprint density at radius 1 is 1.23 bits per heavy atom. The average Bonchev–Trinajstić information content (AvgIpc) is 2.59. The monoisotopic (exact) mass is 184 g/mol. The van der Waals surface area contributed by atoms with Gasteiger partial charge in [-0.15, -0.1) is 0 Å². The van der Waals surface area contributed by atoms with E-state index in [1.54, 1.807) is 6.20 Å². The minimum absolute atomic E-state index is 0.450. The molecule has 0 aliphatic rings. The lowest BCUT2D eigenvalue weighted by atomic mass is 10.1. The first-order chi connectivity index (χ1) is 6.38. The van der Waals surface area contributed by atoms with E-state index in [0.717, 1.165) is 11.3 Å². The molecule has 0 unspecified atom stereocenters. The molecule has 1 heterocycles. The Labute approximate surface area is 75.0 Å². The van der Waals surface area contributed by atoms with Crippen molar-refractivity contribution in [1.82, 2.24) is 10.2 Å². The Kier molecular flexibility index (Phi) is 3.88. The number of nitrogens with one attached hydrogen (secondary N) is 1. The molecular formula is C9H10F2N2. The molecule has 0 bridgehead atoms. The summed E-state index contributed by atoms with van der Waals surface area (Å²) in [7, 11) is 0. The number of H-pyrrole nitrogens is 1. The van der Waals surface area contributed by atoms with Crippen molar-refractivity contribution in [1.29, 1.82) is 0 Å². The molecule has 0 aliphatic carbocycles. The molecule has 70 valence electrons. The van der Waals surface area contributed by atoms with Crippen molar-refractivity contribution in [3.8, 4) is 0 Å². The maximum absolute atomic E-state index is 11.7. The van der Waals surface area contributed by atoms with Crippen LogP contribution in [0.2, 0.25) is 0 Å². The van der Waals surface area contributed by atoms with Crippen LogP contribution in [0.25, 0.3) is 0 Å². The van der Waals surface area contributed by atoms with E-state index in [0.29, 0.717) is 25.5 Å². The highest BCUT2D eigenvalue weighted by atomic mass is 19.1. The van der Waals surface area contributed by atoms with Gasteiger partial charge in [-0.1, -0.05) is 12.2 Å². The van der Waals surface area contributed by atoms with E-state index < -0.39 is 0 Å². The first-order valence-corrected chi connectivity index (χ1v) is 3.90. The second-order valence-corrected chi connectivity index (χ2v) is 2.51. The largest absolute Gasteiger partial charge is 0.282 e. The molecule has 1 aromatic heterocycles. The molecule has 0 saturated carbocycles. The van der Waals surface area contributed by atoms with Crippen molar-refractivity contribution in [3.63, 3.8) is 0 Å². The molecule has 0 amide bonds. The van der Waals surface area contributed by atoms with Crippen LogP contribution in [0.5, 0.6) is 0 Å². The van der Waals surface area contributed by atoms with Gasteiger partial charge in [0.2, 0.25) is 0 Å². The van der Waals surface area contributed by atoms with Gasteiger partial charge in [0.1, 0.15) is 0 Å². The average molecular weight is 184 g/mol. The second-order valence-electron chi connectivity index (χ2n) is 2.51. The number of halogens is 2. The highest BCUT2D eigenvalue weighted by Crippen LogP contribution is 2.07. The molecule has 0 radical (unpaired) electrons. The molecule has 13 heavy (non-hydrogen) atoms. The molecule has 1 rings (SSSR count). The van der Waals surface area contributed by atoms with Crippen LogP contribution in [-0.2, 0) is 12.8 Å². The molecule has 0 aliphatic heterocycles. The second kappa shape index (κ2) is 5.24. The molecule has 1 N–H and O–H groups in total. The van der Waals surface area contributed by atoms with Crippen LogP contribution in [0, 0.1) is 0 Å². The zero-order chi connectivity index (χ0) is 9.52. The van der Waals surface area contributed by atoms with Crippen LogP contribution >= 0.6 is 0 Å². The predicted molar refractivity (Wildman–Crippen MR) is 46.5 cm³/mol. The van der Waals surface area contributed by atoms with Crippen molar-refractivity contribution in [2.75, 3.05) is 0 Å². The van der Waals surface area contributed by atoms with Gasteiger partial charge in [0.05, 0.1) is 18.9 Å². The summed E-state index contributed by atoms with van der Waals surface area (Å²) in [5.74, 6) is 0. The minimum atomic E-state index is 0.450. The van der Waals surface area contributed by atoms with Gasteiger partial charge in [0.25, 0.3) is 0 Å². The zero-order valence-corrected chi connectivity index (χ0v) is 7.00. The topological polar surface area (TPSA) is 28.7 Å². The van der Waals surface area contributed by atoms with Gasteiger partial charge in [-0.3, -0.25) is 5.10 Å². The van der Waals surface area contributed by atoms with E-state index >= 15 is 0 Å². The number of allylic oxidation sites excluding steroid dienone is 2. The van der Waals surface area contributed by atoms with Crippen molar-refractivity contribution < 1.29 is 8.78 Å². The summed E-state index contributed by atoms with van der Waals surface area (Å²) < 4.78 is 23.4. The quantitative estimate of drug-likeness (QED) is 0.765. The number of aromatic nitrogens is 2. The highest BCUT2D eigenvalue weighted by Gasteiger charge is 2.00. The third kappa shape index (κ3) is 2.82. The molecule has 4 heteroatoms. The van der Waals surface area contributed by atoms with Gasteiger partial charge in [-0.05, 0) is 12.0 Å². The van der Waals surface area contributed by atoms with E-state index in [9.17, 15) is 8.78 Å². The van der Waals surface area contributed by atoms with Crippen LogP contribution < -0.4 is 0 Å². The summed E-state index contributed by atoms with van der Waals surface area (Å²) in [4.78, 5) is 0. The van der Waals surface area contributed by atoms with Gasteiger partial charge in [-0.2, -0.15) is 5.10 Å². The minimum Gasteiger partial charge on any atom is -0.282 e. The smallest absolute Gasteiger partial charge is 0.0830 e. The SMILES string of the molecule is FC=CCc1cn[nH]c1CC=CF. The summed E-state index contributed by atoms with van der Waals surface area (Å²) in [5.41, 5.74) is 1.69. The lowest BCUT2D eigenvalue weighted by Crippen LogP contribution is -1.88. The van der Waals surface area contributed by atoms with E-state index in [1.165, 1.54) is 12.2 Å². The third-order valence-corrected chi connectivity index (χ3v) is 1.65. The van der Waals surface area contributed by atoms with Gasteiger partial charge in [0.15, 0.2) is 0 Å². The number of aromatic amines is 1. The summed E-state index contributed by atoms with van der Waals surface area (Å²) in [6.45, 7) is 0. The first kappa shape index (κ1) is 9.64. The molecular weight excluding hydrogens is 174 g/mol. The van der Waals surface area contributed by atoms with Crippen molar-refractivity contribution in [2.24, 2.45) is 0 Å². The molecule has 0 atom stereocenters. The summed E-state index contributed by atoms with van der Waals surface area (Å²) in [6.07, 6.45) is 6.26. The number of hydrogen-bond donors (Lipinski definition) is 1. The van der Waals surface area contributed by atoms with Gasteiger partial charge >= 0.3 is 0 Å². The summed E-state index contributed by atoms with van der Waals surface area (Å²) >= 11 is 0. The third-order valence-electron chi connectivity index (χ3n) is 1.65. The van der Waals surface area contributed by atoms with Crippen molar-refractivity contribution in [2.45, 2.75) is 12.8 Å². The normalized spacial score (nSPS) is 11.8. The van der Waals surface area contributed by atoms with Crippen molar-refractivity contribution in [3.05, 3.63) is 42.3 Å².